The van der Waals surface area contributed by atoms with E-state index in [4.69, 9.17) is 0 Å². The van der Waals surface area contributed by atoms with Crippen molar-refractivity contribution in [2.75, 3.05) is 13.1 Å². The lowest BCUT2D eigenvalue weighted by Crippen LogP contribution is -2.26. The van der Waals surface area contributed by atoms with Gasteiger partial charge in [-0.3, -0.25) is 4.68 Å². The molecule has 4 aromatic rings. The lowest BCUT2D eigenvalue weighted by Gasteiger charge is -2.23. The fraction of sp³-hybridized carbons (Fsp3) is 0.273. The monoisotopic (exact) mass is 376 g/mol. The maximum absolute atomic E-state index is 14.6. The quantitative estimate of drug-likeness (QED) is 0.553. The Kier molecular flexibility index (Phi) is 4.02. The van der Waals surface area contributed by atoms with Crippen LogP contribution in [0.1, 0.15) is 24.3 Å². The Morgan fingerprint density at radius 3 is 2.75 bits per heavy atom. The molecule has 1 saturated heterocycles. The van der Waals surface area contributed by atoms with E-state index in [2.05, 4.69) is 27.5 Å². The Balaban J connectivity index is 1.58. The summed E-state index contributed by atoms with van der Waals surface area (Å²) in [6.45, 7) is 2.11. The van der Waals surface area contributed by atoms with Gasteiger partial charge >= 0.3 is 0 Å². The highest BCUT2D eigenvalue weighted by Gasteiger charge is 2.19. The summed E-state index contributed by atoms with van der Waals surface area (Å²) in [6.07, 6.45) is 4.03. The molecule has 0 bridgehead atoms. The molecule has 2 aromatic heterocycles. The summed E-state index contributed by atoms with van der Waals surface area (Å²) >= 11 is 0. The molecular weight excluding hydrogens is 355 g/mol. The first kappa shape index (κ1) is 17.1. The molecule has 0 aliphatic carbocycles. The van der Waals surface area contributed by atoms with Crippen LogP contribution in [0.4, 0.5) is 4.39 Å². The number of aromatic nitrogens is 3. The van der Waals surface area contributed by atoms with Crippen molar-refractivity contribution >= 4 is 21.8 Å². The Hall–Kier alpha value is -2.99. The van der Waals surface area contributed by atoms with Gasteiger partial charge < -0.3 is 10.4 Å². The van der Waals surface area contributed by atoms with Gasteiger partial charge in [0.15, 0.2) is 11.6 Å². The number of nitrogens with zero attached hydrogens (tertiary/aromatic N) is 3. The minimum Gasteiger partial charge on any atom is -0.504 e. The topological polar surface area (TPSA) is 63.0 Å². The predicted molar refractivity (Wildman–Crippen MR) is 108 cm³/mol. The predicted octanol–water partition coefficient (Wildman–Crippen LogP) is 4.10. The fourth-order valence-electron chi connectivity index (χ4n) is 4.14. The van der Waals surface area contributed by atoms with Gasteiger partial charge in [-0.05, 0) is 61.7 Å². The fourth-order valence-corrected chi connectivity index (χ4v) is 4.14. The number of aromatic hydroxyl groups is 1. The summed E-state index contributed by atoms with van der Waals surface area (Å²) in [5.41, 5.74) is 3.26. The zero-order valence-electron chi connectivity index (χ0n) is 15.6. The summed E-state index contributed by atoms with van der Waals surface area (Å²) in [7, 11) is 1.73. The molecule has 0 unspecified atom stereocenters. The van der Waals surface area contributed by atoms with Crippen molar-refractivity contribution in [1.29, 1.82) is 0 Å². The molecule has 5 rings (SSSR count). The second kappa shape index (κ2) is 6.56. The van der Waals surface area contributed by atoms with Crippen LogP contribution in [0.5, 0.6) is 5.75 Å². The van der Waals surface area contributed by atoms with Gasteiger partial charge in [-0.15, -0.1) is 0 Å². The number of benzene rings is 2. The molecule has 6 heteroatoms. The van der Waals surface area contributed by atoms with Crippen LogP contribution in [0.15, 0.2) is 42.6 Å². The number of phenols is 1. The van der Waals surface area contributed by atoms with Gasteiger partial charge in [0.25, 0.3) is 0 Å². The second-order valence-corrected chi connectivity index (χ2v) is 7.50. The van der Waals surface area contributed by atoms with Crippen LogP contribution in [0.25, 0.3) is 33.1 Å². The number of hydrogen-bond acceptors (Lipinski definition) is 4. The van der Waals surface area contributed by atoms with Crippen LogP contribution >= 0.6 is 0 Å². The van der Waals surface area contributed by atoms with Gasteiger partial charge in [-0.2, -0.15) is 5.10 Å². The minimum atomic E-state index is -0.712. The van der Waals surface area contributed by atoms with Crippen molar-refractivity contribution < 1.29 is 9.50 Å². The molecule has 0 amide bonds. The van der Waals surface area contributed by atoms with Gasteiger partial charge in [0, 0.05) is 29.6 Å². The highest BCUT2D eigenvalue weighted by atomic mass is 19.1. The first-order valence-corrected chi connectivity index (χ1v) is 9.57. The van der Waals surface area contributed by atoms with E-state index in [-0.39, 0.29) is 5.52 Å². The van der Waals surface area contributed by atoms with Crippen molar-refractivity contribution in [3.05, 3.63) is 54.0 Å². The van der Waals surface area contributed by atoms with Crippen LogP contribution in [0.2, 0.25) is 0 Å². The molecule has 0 radical (unpaired) electrons. The van der Waals surface area contributed by atoms with Crippen LogP contribution in [0.3, 0.4) is 0 Å². The van der Waals surface area contributed by atoms with Crippen molar-refractivity contribution in [2.45, 2.75) is 18.8 Å². The largest absolute Gasteiger partial charge is 0.504 e. The molecule has 1 fully saturated rings. The first-order valence-electron chi connectivity index (χ1n) is 9.57. The number of phenolic OH excluding ortho intramolecular Hbond substituents is 1. The van der Waals surface area contributed by atoms with E-state index in [0.717, 1.165) is 36.8 Å². The van der Waals surface area contributed by atoms with E-state index in [1.54, 1.807) is 19.3 Å². The van der Waals surface area contributed by atoms with E-state index < -0.39 is 11.6 Å². The third-order valence-corrected chi connectivity index (χ3v) is 5.63. The molecule has 5 nitrogen and oxygen atoms in total. The van der Waals surface area contributed by atoms with Crippen molar-refractivity contribution in [1.82, 2.24) is 20.1 Å². The standard InChI is InChI=1S/C22H21FN4O/c1-27-12-16-11-17(22(28)20(23)21(16)26-27)19-5-3-15-10-14(2-4-18(15)25-19)13-6-8-24-9-7-13/h2-5,10-13,24,28H,6-9H2,1H3. The first-order chi connectivity index (χ1) is 13.6. The average molecular weight is 376 g/mol. The Morgan fingerprint density at radius 2 is 1.93 bits per heavy atom. The van der Waals surface area contributed by atoms with Gasteiger partial charge in [-0.1, -0.05) is 12.1 Å². The van der Waals surface area contributed by atoms with Crippen molar-refractivity contribution in [2.24, 2.45) is 7.05 Å². The van der Waals surface area contributed by atoms with E-state index in [1.165, 1.54) is 10.2 Å². The molecule has 1 aliphatic rings. The summed E-state index contributed by atoms with van der Waals surface area (Å²) in [6, 6.07) is 11.9. The van der Waals surface area contributed by atoms with Crippen molar-refractivity contribution in [3.63, 3.8) is 0 Å². The summed E-state index contributed by atoms with van der Waals surface area (Å²) in [5.74, 6) is -0.544. The van der Waals surface area contributed by atoms with E-state index in [9.17, 15) is 9.50 Å². The smallest absolute Gasteiger partial charge is 0.193 e. The molecule has 28 heavy (non-hydrogen) atoms. The normalized spacial score (nSPS) is 15.5. The molecule has 0 spiro atoms. The van der Waals surface area contributed by atoms with E-state index in [1.807, 2.05) is 18.2 Å². The summed E-state index contributed by atoms with van der Waals surface area (Å²) in [5, 5.41) is 19.5. The number of aryl methyl sites for hydroxylation is 1. The zero-order valence-corrected chi connectivity index (χ0v) is 15.6. The van der Waals surface area contributed by atoms with Crippen LogP contribution < -0.4 is 5.32 Å². The van der Waals surface area contributed by atoms with E-state index in [0.29, 0.717) is 22.6 Å². The number of pyridine rings is 1. The third-order valence-electron chi connectivity index (χ3n) is 5.63. The van der Waals surface area contributed by atoms with Crippen molar-refractivity contribution in [3.8, 4) is 17.0 Å². The number of halogens is 1. The third kappa shape index (κ3) is 2.81. The number of piperidine rings is 1. The lowest BCUT2D eigenvalue weighted by atomic mass is 9.89. The molecule has 0 atom stereocenters. The number of nitrogens with one attached hydrogen (secondary N) is 1. The molecular formula is C22H21FN4O. The molecule has 2 aromatic carbocycles. The molecule has 1 aliphatic heterocycles. The second-order valence-electron chi connectivity index (χ2n) is 7.50. The number of rotatable bonds is 2. The van der Waals surface area contributed by atoms with E-state index >= 15 is 0 Å². The Bertz CT molecular complexity index is 1190. The maximum Gasteiger partial charge on any atom is 0.193 e. The molecule has 142 valence electrons. The zero-order chi connectivity index (χ0) is 19.3. The highest BCUT2D eigenvalue weighted by Crippen LogP contribution is 2.36. The van der Waals surface area contributed by atoms with Gasteiger partial charge in [-0.25, -0.2) is 9.37 Å². The Labute approximate surface area is 161 Å². The molecule has 0 saturated carbocycles. The molecule has 3 heterocycles. The van der Waals surface area contributed by atoms with Crippen LogP contribution in [-0.2, 0) is 7.05 Å². The maximum atomic E-state index is 14.6. The SMILES string of the molecule is Cn1cc2cc(-c3ccc4cc(C5CCNCC5)ccc4n3)c(O)c(F)c2n1. The van der Waals surface area contributed by atoms with Gasteiger partial charge in [0.2, 0.25) is 0 Å². The average Bonchev–Trinajstić information content (AvgIpc) is 3.11. The summed E-state index contributed by atoms with van der Waals surface area (Å²) in [4.78, 5) is 4.68. The van der Waals surface area contributed by atoms with Crippen LogP contribution in [0, 0.1) is 5.82 Å². The highest BCUT2D eigenvalue weighted by molar-refractivity contribution is 5.89. The molecule has 2 N–H and O–H groups in total. The summed E-state index contributed by atoms with van der Waals surface area (Å²) < 4.78 is 16.1. The van der Waals surface area contributed by atoms with Crippen LogP contribution in [-0.4, -0.2) is 33.0 Å². The minimum absolute atomic E-state index is 0.163. The number of fused-ring (bicyclic) bond motifs is 2. The lowest BCUT2D eigenvalue weighted by molar-refractivity contribution is 0.437. The Morgan fingerprint density at radius 1 is 1.11 bits per heavy atom. The van der Waals surface area contributed by atoms with Gasteiger partial charge in [0.05, 0.1) is 11.2 Å². The van der Waals surface area contributed by atoms with Gasteiger partial charge in [0.1, 0.15) is 5.52 Å². The number of hydrogen-bond donors (Lipinski definition) is 2.